The molecular weight excluding hydrogens is 362 g/mol. The SMILES string of the molecule is C=CCOc1ccc(NC(=O)/C(=C\c2cccc([N+](=O)[O-])c2)NC(C)=O)cc1. The number of nitro groups is 1. The lowest BCUT2D eigenvalue weighted by molar-refractivity contribution is -0.384. The molecule has 0 saturated heterocycles. The van der Waals surface area contributed by atoms with Crippen molar-refractivity contribution in [2.24, 2.45) is 0 Å². The minimum absolute atomic E-state index is 0.0417. The summed E-state index contributed by atoms with van der Waals surface area (Å²) < 4.78 is 5.37. The van der Waals surface area contributed by atoms with Crippen LogP contribution < -0.4 is 15.4 Å². The molecule has 2 N–H and O–H groups in total. The fraction of sp³-hybridized carbons (Fsp3) is 0.100. The zero-order valence-corrected chi connectivity index (χ0v) is 15.2. The highest BCUT2D eigenvalue weighted by Gasteiger charge is 2.13. The Morgan fingerprint density at radius 2 is 1.93 bits per heavy atom. The molecule has 28 heavy (non-hydrogen) atoms. The van der Waals surface area contributed by atoms with E-state index in [0.717, 1.165) is 0 Å². The highest BCUT2D eigenvalue weighted by molar-refractivity contribution is 6.08. The highest BCUT2D eigenvalue weighted by Crippen LogP contribution is 2.18. The molecule has 0 aliphatic heterocycles. The summed E-state index contributed by atoms with van der Waals surface area (Å²) in [6.45, 7) is 5.19. The summed E-state index contributed by atoms with van der Waals surface area (Å²) in [4.78, 5) is 34.4. The summed E-state index contributed by atoms with van der Waals surface area (Å²) in [6.07, 6.45) is 2.99. The lowest BCUT2D eigenvalue weighted by atomic mass is 10.1. The first-order valence-corrected chi connectivity index (χ1v) is 8.28. The van der Waals surface area contributed by atoms with Crippen LogP contribution >= 0.6 is 0 Å². The largest absolute Gasteiger partial charge is 0.490 e. The van der Waals surface area contributed by atoms with E-state index in [2.05, 4.69) is 17.2 Å². The summed E-state index contributed by atoms with van der Waals surface area (Å²) >= 11 is 0. The molecule has 2 aromatic carbocycles. The van der Waals surface area contributed by atoms with E-state index < -0.39 is 16.7 Å². The molecule has 0 radical (unpaired) electrons. The van der Waals surface area contributed by atoms with Gasteiger partial charge in [0.1, 0.15) is 18.1 Å². The first-order chi connectivity index (χ1) is 13.4. The van der Waals surface area contributed by atoms with Gasteiger partial charge in [-0.2, -0.15) is 0 Å². The normalized spacial score (nSPS) is 10.7. The van der Waals surface area contributed by atoms with Crippen LogP contribution in [-0.2, 0) is 9.59 Å². The summed E-state index contributed by atoms with van der Waals surface area (Å²) in [7, 11) is 0. The van der Waals surface area contributed by atoms with Crippen LogP contribution in [0.4, 0.5) is 11.4 Å². The number of hydrogen-bond acceptors (Lipinski definition) is 5. The Balaban J connectivity index is 2.21. The number of ether oxygens (including phenoxy) is 1. The zero-order valence-electron chi connectivity index (χ0n) is 15.2. The minimum atomic E-state index is -0.568. The molecule has 0 aliphatic rings. The Morgan fingerprint density at radius 3 is 2.54 bits per heavy atom. The zero-order chi connectivity index (χ0) is 20.5. The summed E-state index contributed by atoms with van der Waals surface area (Å²) in [5, 5.41) is 16.0. The van der Waals surface area contributed by atoms with Crippen LogP contribution in [0, 0.1) is 10.1 Å². The van der Waals surface area contributed by atoms with Crippen LogP contribution in [-0.4, -0.2) is 23.3 Å². The number of non-ortho nitro benzene ring substituents is 1. The molecule has 8 heteroatoms. The van der Waals surface area contributed by atoms with Crippen LogP contribution in [0.2, 0.25) is 0 Å². The third-order valence-corrected chi connectivity index (χ3v) is 3.43. The topological polar surface area (TPSA) is 111 Å². The molecule has 0 heterocycles. The first kappa shape index (κ1) is 20.4. The van der Waals surface area contributed by atoms with Gasteiger partial charge in [-0.15, -0.1) is 0 Å². The third kappa shape index (κ3) is 6.10. The van der Waals surface area contributed by atoms with Gasteiger partial charge in [0.25, 0.3) is 11.6 Å². The number of rotatable bonds is 8. The summed E-state index contributed by atoms with van der Waals surface area (Å²) in [5.41, 5.74) is 0.735. The first-order valence-electron chi connectivity index (χ1n) is 8.28. The second-order valence-electron chi connectivity index (χ2n) is 5.67. The highest BCUT2D eigenvalue weighted by atomic mass is 16.6. The molecule has 0 aromatic heterocycles. The molecule has 0 bridgehead atoms. The second-order valence-corrected chi connectivity index (χ2v) is 5.67. The van der Waals surface area contributed by atoms with E-state index in [1.165, 1.54) is 31.2 Å². The van der Waals surface area contributed by atoms with Gasteiger partial charge in [0.2, 0.25) is 5.91 Å². The van der Waals surface area contributed by atoms with Gasteiger partial charge < -0.3 is 15.4 Å². The molecule has 8 nitrogen and oxygen atoms in total. The molecular formula is C20H19N3O5. The van der Waals surface area contributed by atoms with E-state index in [4.69, 9.17) is 4.74 Å². The van der Waals surface area contributed by atoms with Gasteiger partial charge in [-0.1, -0.05) is 24.8 Å². The van der Waals surface area contributed by atoms with Crippen LogP contribution in [0.15, 0.2) is 66.9 Å². The number of nitrogens with one attached hydrogen (secondary N) is 2. The number of carbonyl (C=O) groups excluding carboxylic acids is 2. The van der Waals surface area contributed by atoms with Crippen LogP contribution in [0.5, 0.6) is 5.75 Å². The quantitative estimate of drug-likeness (QED) is 0.316. The maximum Gasteiger partial charge on any atom is 0.272 e. The van der Waals surface area contributed by atoms with Gasteiger partial charge in [-0.05, 0) is 35.9 Å². The Labute approximate surface area is 161 Å². The molecule has 0 unspecified atom stereocenters. The molecule has 0 saturated carbocycles. The number of hydrogen-bond donors (Lipinski definition) is 2. The number of benzene rings is 2. The predicted molar refractivity (Wildman–Crippen MR) is 106 cm³/mol. The van der Waals surface area contributed by atoms with Crippen molar-refractivity contribution >= 4 is 29.3 Å². The average molecular weight is 381 g/mol. The van der Waals surface area contributed by atoms with Gasteiger partial charge in [-0.25, -0.2) is 0 Å². The number of carbonyl (C=O) groups is 2. The van der Waals surface area contributed by atoms with E-state index in [-0.39, 0.29) is 11.4 Å². The molecule has 0 fully saturated rings. The van der Waals surface area contributed by atoms with Gasteiger partial charge in [-0.3, -0.25) is 19.7 Å². The lowest BCUT2D eigenvalue weighted by Gasteiger charge is -2.10. The van der Waals surface area contributed by atoms with E-state index in [1.807, 2.05) is 0 Å². The van der Waals surface area contributed by atoms with Crippen molar-refractivity contribution in [3.05, 3.63) is 82.6 Å². The van der Waals surface area contributed by atoms with E-state index in [9.17, 15) is 19.7 Å². The van der Waals surface area contributed by atoms with E-state index in [0.29, 0.717) is 23.6 Å². The van der Waals surface area contributed by atoms with Gasteiger partial charge in [0.15, 0.2) is 0 Å². The summed E-state index contributed by atoms with van der Waals surface area (Å²) in [5.74, 6) is -0.395. The predicted octanol–water partition coefficient (Wildman–Crippen LogP) is 3.28. The molecule has 2 amide bonds. The van der Waals surface area contributed by atoms with Crippen molar-refractivity contribution < 1.29 is 19.2 Å². The smallest absolute Gasteiger partial charge is 0.272 e. The second kappa shape index (κ2) is 9.67. The Hall–Kier alpha value is -3.94. The van der Waals surface area contributed by atoms with Crippen LogP contribution in [0.3, 0.4) is 0 Å². The van der Waals surface area contributed by atoms with Crippen molar-refractivity contribution in [2.45, 2.75) is 6.92 Å². The van der Waals surface area contributed by atoms with Crippen molar-refractivity contribution in [1.29, 1.82) is 0 Å². The van der Waals surface area contributed by atoms with E-state index >= 15 is 0 Å². The molecule has 144 valence electrons. The monoisotopic (exact) mass is 381 g/mol. The number of anilines is 1. The maximum atomic E-state index is 12.6. The standard InChI is InChI=1S/C20H19N3O5/c1-3-11-28-18-9-7-16(8-10-18)22-20(25)19(21-14(2)24)13-15-5-4-6-17(12-15)23(26)27/h3-10,12-13H,1,11H2,2H3,(H,21,24)(H,22,25)/b19-13+. The molecule has 2 rings (SSSR count). The summed E-state index contributed by atoms with van der Waals surface area (Å²) in [6, 6.07) is 12.4. The minimum Gasteiger partial charge on any atom is -0.490 e. The Kier molecular flexibility index (Phi) is 7.04. The Morgan fingerprint density at radius 1 is 1.21 bits per heavy atom. The fourth-order valence-corrected chi connectivity index (χ4v) is 2.23. The van der Waals surface area contributed by atoms with Crippen molar-refractivity contribution in [3.8, 4) is 5.75 Å². The average Bonchev–Trinajstić information content (AvgIpc) is 2.66. The van der Waals surface area contributed by atoms with Crippen LogP contribution in [0.1, 0.15) is 12.5 Å². The lowest BCUT2D eigenvalue weighted by Crippen LogP contribution is -2.28. The molecule has 2 aromatic rings. The van der Waals surface area contributed by atoms with Gasteiger partial charge in [0.05, 0.1) is 4.92 Å². The fourth-order valence-electron chi connectivity index (χ4n) is 2.23. The van der Waals surface area contributed by atoms with Crippen LogP contribution in [0.25, 0.3) is 6.08 Å². The van der Waals surface area contributed by atoms with E-state index in [1.54, 1.807) is 36.4 Å². The third-order valence-electron chi connectivity index (χ3n) is 3.43. The maximum absolute atomic E-state index is 12.6. The van der Waals surface area contributed by atoms with Crippen molar-refractivity contribution in [1.82, 2.24) is 5.32 Å². The molecule has 0 atom stereocenters. The van der Waals surface area contributed by atoms with Gasteiger partial charge in [0, 0.05) is 24.7 Å². The number of amides is 2. The molecule has 0 aliphatic carbocycles. The number of nitrogens with zero attached hydrogens (tertiary/aromatic N) is 1. The van der Waals surface area contributed by atoms with Crippen molar-refractivity contribution in [3.63, 3.8) is 0 Å². The van der Waals surface area contributed by atoms with Gasteiger partial charge >= 0.3 is 0 Å². The Bertz CT molecular complexity index is 920. The number of nitro benzene ring substituents is 1. The molecule has 0 spiro atoms. The van der Waals surface area contributed by atoms with Crippen molar-refractivity contribution in [2.75, 3.05) is 11.9 Å².